The van der Waals surface area contributed by atoms with Crippen LogP contribution in [0, 0.1) is 5.92 Å². The van der Waals surface area contributed by atoms with E-state index in [1.165, 1.54) is 0 Å². The zero-order valence-corrected chi connectivity index (χ0v) is 12.1. The molecule has 2 rings (SSSR count). The molecule has 1 aromatic carbocycles. The standard InChI is InChI=1S/C15H21N3O3/c1-11(21-13-7-3-2-4-8-13)15(20)18-9-5-6-12(10-18)14(19)17-16/h2-4,7-8,11-12H,5-6,9-10,16H2,1H3,(H,17,19). The van der Waals surface area contributed by atoms with Crippen LogP contribution in [-0.2, 0) is 9.59 Å². The Morgan fingerprint density at radius 2 is 2.10 bits per heavy atom. The molecule has 0 spiro atoms. The molecule has 1 aliphatic rings. The molecule has 1 heterocycles. The first-order valence-electron chi connectivity index (χ1n) is 7.12. The third kappa shape index (κ3) is 3.95. The number of piperidine rings is 1. The number of ether oxygens (including phenoxy) is 1. The second kappa shape index (κ2) is 7.08. The van der Waals surface area contributed by atoms with Crippen LogP contribution < -0.4 is 16.0 Å². The molecule has 2 unspecified atom stereocenters. The minimum absolute atomic E-state index is 0.103. The van der Waals surface area contributed by atoms with Crippen molar-refractivity contribution in [2.24, 2.45) is 11.8 Å². The summed E-state index contributed by atoms with van der Waals surface area (Å²) in [5.41, 5.74) is 2.16. The summed E-state index contributed by atoms with van der Waals surface area (Å²) in [6, 6.07) is 9.22. The van der Waals surface area contributed by atoms with Crippen molar-refractivity contribution in [3.8, 4) is 5.75 Å². The number of hydrogen-bond donors (Lipinski definition) is 2. The lowest BCUT2D eigenvalue weighted by atomic mass is 9.97. The Bertz CT molecular complexity index is 492. The number of nitrogens with zero attached hydrogens (tertiary/aromatic N) is 1. The molecule has 21 heavy (non-hydrogen) atoms. The van der Waals surface area contributed by atoms with Gasteiger partial charge in [-0.05, 0) is 31.9 Å². The molecule has 1 saturated heterocycles. The molecule has 6 nitrogen and oxygen atoms in total. The van der Waals surface area contributed by atoms with Gasteiger partial charge in [0.2, 0.25) is 5.91 Å². The lowest BCUT2D eigenvalue weighted by molar-refractivity contribution is -0.141. The van der Waals surface area contributed by atoms with Gasteiger partial charge in [0.15, 0.2) is 6.10 Å². The molecule has 114 valence electrons. The van der Waals surface area contributed by atoms with Crippen molar-refractivity contribution in [2.75, 3.05) is 13.1 Å². The van der Waals surface area contributed by atoms with E-state index in [9.17, 15) is 9.59 Å². The first-order valence-corrected chi connectivity index (χ1v) is 7.12. The summed E-state index contributed by atoms with van der Waals surface area (Å²) in [5, 5.41) is 0. The van der Waals surface area contributed by atoms with E-state index in [-0.39, 0.29) is 17.7 Å². The van der Waals surface area contributed by atoms with E-state index in [1.807, 2.05) is 30.3 Å². The second-order valence-corrected chi connectivity index (χ2v) is 5.21. The van der Waals surface area contributed by atoms with E-state index >= 15 is 0 Å². The summed E-state index contributed by atoms with van der Waals surface area (Å²) < 4.78 is 5.63. The zero-order valence-electron chi connectivity index (χ0n) is 12.1. The van der Waals surface area contributed by atoms with E-state index in [0.29, 0.717) is 18.8 Å². The number of carbonyl (C=O) groups excluding carboxylic acids is 2. The van der Waals surface area contributed by atoms with Crippen LogP contribution in [-0.4, -0.2) is 35.9 Å². The predicted octanol–water partition coefficient (Wildman–Crippen LogP) is 0.682. The van der Waals surface area contributed by atoms with Crippen molar-refractivity contribution in [1.82, 2.24) is 10.3 Å². The molecule has 0 aromatic heterocycles. The average molecular weight is 291 g/mol. The number of nitrogens with two attached hydrogens (primary N) is 1. The van der Waals surface area contributed by atoms with Gasteiger partial charge in [-0.2, -0.15) is 0 Å². The normalized spacial score (nSPS) is 19.7. The fraction of sp³-hybridized carbons (Fsp3) is 0.467. The van der Waals surface area contributed by atoms with Gasteiger partial charge in [0.05, 0.1) is 5.92 Å². The number of benzene rings is 1. The van der Waals surface area contributed by atoms with Crippen LogP contribution >= 0.6 is 0 Å². The van der Waals surface area contributed by atoms with Gasteiger partial charge in [-0.15, -0.1) is 0 Å². The number of hydrazine groups is 1. The Morgan fingerprint density at radius 1 is 1.38 bits per heavy atom. The Hall–Kier alpha value is -2.08. The van der Waals surface area contributed by atoms with Crippen molar-refractivity contribution in [3.05, 3.63) is 30.3 Å². The fourth-order valence-electron chi connectivity index (χ4n) is 2.52. The van der Waals surface area contributed by atoms with E-state index < -0.39 is 6.10 Å². The Kier molecular flexibility index (Phi) is 5.16. The molecule has 1 fully saturated rings. The van der Waals surface area contributed by atoms with E-state index in [0.717, 1.165) is 12.8 Å². The van der Waals surface area contributed by atoms with Crippen LogP contribution in [0.15, 0.2) is 30.3 Å². The maximum absolute atomic E-state index is 12.4. The lowest BCUT2D eigenvalue weighted by Crippen LogP contribution is -2.50. The van der Waals surface area contributed by atoms with Crippen LogP contribution in [0.5, 0.6) is 5.75 Å². The van der Waals surface area contributed by atoms with Crippen molar-refractivity contribution in [1.29, 1.82) is 0 Å². The smallest absolute Gasteiger partial charge is 0.263 e. The monoisotopic (exact) mass is 291 g/mol. The van der Waals surface area contributed by atoms with Crippen molar-refractivity contribution in [3.63, 3.8) is 0 Å². The Balaban J connectivity index is 1.94. The number of nitrogens with one attached hydrogen (secondary N) is 1. The second-order valence-electron chi connectivity index (χ2n) is 5.21. The molecule has 6 heteroatoms. The molecule has 0 bridgehead atoms. The third-order valence-electron chi connectivity index (χ3n) is 3.65. The average Bonchev–Trinajstić information content (AvgIpc) is 2.54. The molecule has 0 radical (unpaired) electrons. The maximum Gasteiger partial charge on any atom is 0.263 e. The molecule has 1 aromatic rings. The highest BCUT2D eigenvalue weighted by Crippen LogP contribution is 2.19. The summed E-state index contributed by atoms with van der Waals surface area (Å²) in [7, 11) is 0. The largest absolute Gasteiger partial charge is 0.481 e. The van der Waals surface area contributed by atoms with Gasteiger partial charge >= 0.3 is 0 Å². The number of rotatable bonds is 4. The minimum atomic E-state index is -0.577. The zero-order chi connectivity index (χ0) is 15.2. The first-order chi connectivity index (χ1) is 10.1. The maximum atomic E-state index is 12.4. The molecule has 0 aliphatic carbocycles. The van der Waals surface area contributed by atoms with Crippen LogP contribution in [0.1, 0.15) is 19.8 Å². The molecule has 2 amide bonds. The van der Waals surface area contributed by atoms with Gasteiger partial charge in [-0.25, -0.2) is 5.84 Å². The minimum Gasteiger partial charge on any atom is -0.481 e. The third-order valence-corrected chi connectivity index (χ3v) is 3.65. The Labute approximate surface area is 124 Å². The van der Waals surface area contributed by atoms with E-state index in [2.05, 4.69) is 5.43 Å². The molecule has 2 atom stereocenters. The van der Waals surface area contributed by atoms with Gasteiger partial charge in [0.25, 0.3) is 5.91 Å². The summed E-state index contributed by atoms with van der Waals surface area (Å²) in [6.07, 6.45) is 0.967. The van der Waals surface area contributed by atoms with Gasteiger partial charge in [0, 0.05) is 13.1 Å². The van der Waals surface area contributed by atoms with Gasteiger partial charge in [-0.3, -0.25) is 15.0 Å². The highest BCUT2D eigenvalue weighted by Gasteiger charge is 2.30. The fourth-order valence-corrected chi connectivity index (χ4v) is 2.52. The van der Waals surface area contributed by atoms with Crippen molar-refractivity contribution < 1.29 is 14.3 Å². The molecule has 3 N–H and O–H groups in total. The predicted molar refractivity (Wildman–Crippen MR) is 78.2 cm³/mol. The van der Waals surface area contributed by atoms with Crippen molar-refractivity contribution >= 4 is 11.8 Å². The number of likely N-dealkylation sites (tertiary alicyclic amines) is 1. The van der Waals surface area contributed by atoms with Crippen LogP contribution in [0.4, 0.5) is 0 Å². The van der Waals surface area contributed by atoms with Gasteiger partial charge < -0.3 is 9.64 Å². The number of para-hydroxylation sites is 1. The van der Waals surface area contributed by atoms with Gasteiger partial charge in [0.1, 0.15) is 5.75 Å². The first kappa shape index (κ1) is 15.3. The molecule has 0 saturated carbocycles. The summed E-state index contributed by atoms with van der Waals surface area (Å²) >= 11 is 0. The summed E-state index contributed by atoms with van der Waals surface area (Å²) in [6.45, 7) is 2.77. The summed E-state index contributed by atoms with van der Waals surface area (Å²) in [4.78, 5) is 25.7. The number of hydrogen-bond acceptors (Lipinski definition) is 4. The quantitative estimate of drug-likeness (QED) is 0.485. The highest BCUT2D eigenvalue weighted by atomic mass is 16.5. The molecular weight excluding hydrogens is 270 g/mol. The van der Waals surface area contributed by atoms with Crippen LogP contribution in [0.25, 0.3) is 0 Å². The van der Waals surface area contributed by atoms with Crippen LogP contribution in [0.3, 0.4) is 0 Å². The van der Waals surface area contributed by atoms with E-state index in [4.69, 9.17) is 10.6 Å². The topological polar surface area (TPSA) is 84.7 Å². The van der Waals surface area contributed by atoms with E-state index in [1.54, 1.807) is 11.8 Å². The highest BCUT2D eigenvalue weighted by molar-refractivity contribution is 5.83. The number of amides is 2. The van der Waals surface area contributed by atoms with Gasteiger partial charge in [-0.1, -0.05) is 18.2 Å². The SMILES string of the molecule is CC(Oc1ccccc1)C(=O)N1CCCC(C(=O)NN)C1. The van der Waals surface area contributed by atoms with Crippen LogP contribution in [0.2, 0.25) is 0 Å². The molecular formula is C15H21N3O3. The molecule has 1 aliphatic heterocycles. The lowest BCUT2D eigenvalue weighted by Gasteiger charge is -2.33. The number of carbonyl (C=O) groups is 2. The summed E-state index contributed by atoms with van der Waals surface area (Å²) in [5.74, 6) is 5.26. The Morgan fingerprint density at radius 3 is 2.76 bits per heavy atom. The van der Waals surface area contributed by atoms with Crippen molar-refractivity contribution in [2.45, 2.75) is 25.9 Å².